The molecule has 0 aliphatic heterocycles. The van der Waals surface area contributed by atoms with Crippen molar-refractivity contribution in [1.82, 2.24) is 5.43 Å². The number of benzene rings is 2. The zero-order valence-electron chi connectivity index (χ0n) is 12.3. The fraction of sp³-hybridized carbons (Fsp3) is 0.294. The Kier molecular flexibility index (Phi) is 5.62. The minimum atomic E-state index is -0.0646. The molecule has 0 saturated heterocycles. The molecule has 0 aliphatic rings. The van der Waals surface area contributed by atoms with Crippen molar-refractivity contribution in [2.45, 2.75) is 25.8 Å². The summed E-state index contributed by atoms with van der Waals surface area (Å²) in [6, 6.07) is 15.7. The number of ether oxygens (including phenoxy) is 1. The molecule has 4 heteroatoms. The van der Waals surface area contributed by atoms with Crippen LogP contribution >= 0.6 is 11.6 Å². The van der Waals surface area contributed by atoms with E-state index >= 15 is 0 Å². The summed E-state index contributed by atoms with van der Waals surface area (Å²) in [7, 11) is 0. The molecule has 0 heterocycles. The molecule has 3 nitrogen and oxygen atoms in total. The van der Waals surface area contributed by atoms with Crippen molar-refractivity contribution in [1.29, 1.82) is 0 Å². The van der Waals surface area contributed by atoms with Gasteiger partial charge < -0.3 is 4.74 Å². The second-order valence-electron chi connectivity index (χ2n) is 5.31. The highest BCUT2D eigenvalue weighted by atomic mass is 35.5. The summed E-state index contributed by atoms with van der Waals surface area (Å²) in [5, 5.41) is 0.658. The Morgan fingerprint density at radius 3 is 2.33 bits per heavy atom. The molecular weight excluding hydrogens is 284 g/mol. The molecule has 21 heavy (non-hydrogen) atoms. The van der Waals surface area contributed by atoms with E-state index in [-0.39, 0.29) is 6.04 Å². The third-order valence-corrected chi connectivity index (χ3v) is 3.65. The van der Waals surface area contributed by atoms with Crippen LogP contribution in [-0.2, 0) is 0 Å². The van der Waals surface area contributed by atoms with E-state index in [9.17, 15) is 0 Å². The van der Waals surface area contributed by atoms with E-state index in [4.69, 9.17) is 22.2 Å². The van der Waals surface area contributed by atoms with Gasteiger partial charge in [0.2, 0.25) is 0 Å². The van der Waals surface area contributed by atoms with E-state index < -0.39 is 0 Å². The van der Waals surface area contributed by atoms with Gasteiger partial charge >= 0.3 is 0 Å². The molecular formula is C17H21ClN2O. The maximum atomic E-state index is 5.94. The maximum Gasteiger partial charge on any atom is 0.120 e. The Labute approximate surface area is 131 Å². The van der Waals surface area contributed by atoms with Gasteiger partial charge in [-0.05, 0) is 35.2 Å². The van der Waals surface area contributed by atoms with Crippen molar-refractivity contribution < 1.29 is 4.74 Å². The summed E-state index contributed by atoms with van der Waals surface area (Å²) in [4.78, 5) is 0. The van der Waals surface area contributed by atoms with Crippen molar-refractivity contribution in [3.05, 3.63) is 64.7 Å². The highest BCUT2D eigenvalue weighted by molar-refractivity contribution is 6.30. The molecule has 2 aromatic carbocycles. The molecule has 2 aromatic rings. The summed E-state index contributed by atoms with van der Waals surface area (Å²) in [5.74, 6) is 6.90. The van der Waals surface area contributed by atoms with E-state index in [1.54, 1.807) is 6.07 Å². The lowest BCUT2D eigenvalue weighted by Gasteiger charge is -2.18. The van der Waals surface area contributed by atoms with Gasteiger partial charge in [0.25, 0.3) is 0 Å². The number of nitrogens with two attached hydrogens (primary N) is 1. The van der Waals surface area contributed by atoms with Gasteiger partial charge in [0.05, 0.1) is 6.04 Å². The van der Waals surface area contributed by atoms with Crippen molar-refractivity contribution in [2.75, 3.05) is 6.61 Å². The van der Waals surface area contributed by atoms with Crippen molar-refractivity contribution in [3.63, 3.8) is 0 Å². The number of hydrazine groups is 1. The van der Waals surface area contributed by atoms with Crippen molar-refractivity contribution in [2.24, 2.45) is 5.84 Å². The van der Waals surface area contributed by atoms with Gasteiger partial charge in [0, 0.05) is 5.02 Å². The van der Waals surface area contributed by atoms with Crippen LogP contribution in [-0.4, -0.2) is 6.61 Å². The fourth-order valence-electron chi connectivity index (χ4n) is 2.09. The van der Waals surface area contributed by atoms with Gasteiger partial charge in [0.15, 0.2) is 0 Å². The first-order valence-corrected chi connectivity index (χ1v) is 7.42. The molecule has 0 aliphatic carbocycles. The monoisotopic (exact) mass is 304 g/mol. The van der Waals surface area contributed by atoms with Crippen molar-refractivity contribution in [3.8, 4) is 5.75 Å². The molecule has 0 aromatic heterocycles. The predicted octanol–water partition coefficient (Wildman–Crippen LogP) is 4.05. The summed E-state index contributed by atoms with van der Waals surface area (Å²) in [6.07, 6.45) is 0. The molecule has 0 amide bonds. The fourth-order valence-corrected chi connectivity index (χ4v) is 2.27. The molecule has 112 valence electrons. The summed E-state index contributed by atoms with van der Waals surface area (Å²) in [5.41, 5.74) is 5.21. The molecule has 0 saturated carbocycles. The lowest BCUT2D eigenvalue weighted by atomic mass is 9.99. The molecule has 0 spiro atoms. The third kappa shape index (κ3) is 4.46. The molecule has 3 N–H and O–H groups in total. The predicted molar refractivity (Wildman–Crippen MR) is 87.5 cm³/mol. The summed E-state index contributed by atoms with van der Waals surface area (Å²) in [6.45, 7) is 4.80. The number of hydrogen-bond acceptors (Lipinski definition) is 3. The minimum absolute atomic E-state index is 0.0646. The van der Waals surface area contributed by atoms with Gasteiger partial charge in [-0.3, -0.25) is 5.84 Å². The van der Waals surface area contributed by atoms with Crippen LogP contribution in [0.5, 0.6) is 5.75 Å². The maximum absolute atomic E-state index is 5.94. The van der Waals surface area contributed by atoms with E-state index in [0.29, 0.717) is 17.5 Å². The second-order valence-corrected chi connectivity index (χ2v) is 5.75. The summed E-state index contributed by atoms with van der Waals surface area (Å²) >= 11 is 5.94. The van der Waals surface area contributed by atoms with Crippen LogP contribution in [0.15, 0.2) is 48.5 Å². The smallest absolute Gasteiger partial charge is 0.120 e. The number of rotatable bonds is 6. The van der Waals surface area contributed by atoms with Crippen molar-refractivity contribution >= 4 is 11.6 Å². The molecule has 0 bridgehead atoms. The third-order valence-electron chi connectivity index (χ3n) is 3.42. The zero-order chi connectivity index (χ0) is 15.2. The SMILES string of the molecule is CC(C)c1ccc(C(COc2cccc(Cl)c2)NN)cc1. The van der Waals surface area contributed by atoms with Crippen LogP contribution in [0.2, 0.25) is 5.02 Å². The number of hydrogen-bond donors (Lipinski definition) is 2. The molecule has 1 unspecified atom stereocenters. The average Bonchev–Trinajstić information content (AvgIpc) is 2.48. The summed E-state index contributed by atoms with van der Waals surface area (Å²) < 4.78 is 5.75. The average molecular weight is 305 g/mol. The van der Waals surface area contributed by atoms with Crippen LogP contribution in [0.3, 0.4) is 0 Å². The number of halogens is 1. The second kappa shape index (κ2) is 7.46. The molecule has 1 atom stereocenters. The Balaban J connectivity index is 2.02. The van der Waals surface area contributed by atoms with Gasteiger partial charge in [-0.25, -0.2) is 5.43 Å². The minimum Gasteiger partial charge on any atom is -0.492 e. The molecule has 2 rings (SSSR count). The zero-order valence-corrected chi connectivity index (χ0v) is 13.1. The van der Waals surface area contributed by atoms with Crippen LogP contribution in [0, 0.1) is 0 Å². The lowest BCUT2D eigenvalue weighted by Crippen LogP contribution is -2.32. The number of nitrogens with one attached hydrogen (secondary N) is 1. The van der Waals surface area contributed by atoms with Crippen LogP contribution in [0.4, 0.5) is 0 Å². The normalized spacial score (nSPS) is 12.4. The van der Waals surface area contributed by atoms with Crippen LogP contribution in [0.25, 0.3) is 0 Å². The largest absolute Gasteiger partial charge is 0.492 e. The lowest BCUT2D eigenvalue weighted by molar-refractivity contribution is 0.267. The van der Waals surface area contributed by atoms with Gasteiger partial charge in [0.1, 0.15) is 12.4 Å². The van der Waals surface area contributed by atoms with Gasteiger partial charge in [-0.15, -0.1) is 0 Å². The van der Waals surface area contributed by atoms with E-state index in [0.717, 1.165) is 11.3 Å². The Morgan fingerprint density at radius 1 is 1.10 bits per heavy atom. The first-order chi connectivity index (χ1) is 10.1. The Morgan fingerprint density at radius 2 is 1.76 bits per heavy atom. The van der Waals surface area contributed by atoms with Gasteiger partial charge in [-0.2, -0.15) is 0 Å². The Hall–Kier alpha value is -1.55. The standard InChI is InChI=1S/C17H21ClN2O/c1-12(2)13-6-8-14(9-7-13)17(20-19)11-21-16-5-3-4-15(18)10-16/h3-10,12,17,20H,11,19H2,1-2H3. The van der Waals surface area contributed by atoms with Crippen LogP contribution < -0.4 is 16.0 Å². The van der Waals surface area contributed by atoms with E-state index in [2.05, 4.69) is 43.5 Å². The highest BCUT2D eigenvalue weighted by Gasteiger charge is 2.11. The molecule has 0 fully saturated rings. The van der Waals surface area contributed by atoms with Gasteiger partial charge in [-0.1, -0.05) is 55.8 Å². The van der Waals surface area contributed by atoms with Crippen LogP contribution in [0.1, 0.15) is 36.9 Å². The highest BCUT2D eigenvalue weighted by Crippen LogP contribution is 2.21. The quantitative estimate of drug-likeness (QED) is 0.625. The molecule has 0 radical (unpaired) electrons. The first kappa shape index (κ1) is 15.8. The Bertz CT molecular complexity index is 569. The van der Waals surface area contributed by atoms with E-state index in [1.807, 2.05) is 18.2 Å². The first-order valence-electron chi connectivity index (χ1n) is 7.04. The van der Waals surface area contributed by atoms with E-state index in [1.165, 1.54) is 5.56 Å². The topological polar surface area (TPSA) is 47.3 Å².